The maximum Gasteiger partial charge on any atom is 0.137 e. The molecule has 3 heterocycles. The van der Waals surface area contributed by atoms with E-state index in [4.69, 9.17) is 9.72 Å². The molecule has 0 amide bonds. The van der Waals surface area contributed by atoms with Crippen LogP contribution in [0.2, 0.25) is 0 Å². The smallest absolute Gasteiger partial charge is 0.137 e. The molecule has 8 rings (SSSR count). The highest BCUT2D eigenvalue weighted by molar-refractivity contribution is 6.09. The van der Waals surface area contributed by atoms with Gasteiger partial charge < -0.3 is 14.5 Å². The van der Waals surface area contributed by atoms with Crippen molar-refractivity contribution < 1.29 is 4.74 Å². The summed E-state index contributed by atoms with van der Waals surface area (Å²) in [6, 6.07) is 43.7. The first-order valence-corrected chi connectivity index (χ1v) is 18.7. The third-order valence-corrected chi connectivity index (χ3v) is 10.6. The summed E-state index contributed by atoms with van der Waals surface area (Å²) in [5.41, 5.74) is 10.8. The van der Waals surface area contributed by atoms with E-state index in [2.05, 4.69) is 192 Å². The van der Waals surface area contributed by atoms with E-state index in [-0.39, 0.29) is 16.2 Å². The predicted octanol–water partition coefficient (Wildman–Crippen LogP) is 13.1. The normalized spacial score (nSPS) is 13.6. The van der Waals surface area contributed by atoms with E-state index in [1.165, 1.54) is 44.5 Å². The Morgan fingerprint density at radius 1 is 0.491 bits per heavy atom. The van der Waals surface area contributed by atoms with Crippen LogP contribution in [0, 0.1) is 0 Å². The number of benzene rings is 5. The Kier molecular flexibility index (Phi) is 8.17. The van der Waals surface area contributed by atoms with Gasteiger partial charge >= 0.3 is 0 Å². The number of aromatic nitrogens is 2. The quantitative estimate of drug-likeness (QED) is 0.179. The molecule has 0 N–H and O–H groups in total. The first kappa shape index (κ1) is 34.5. The van der Waals surface area contributed by atoms with E-state index in [9.17, 15) is 0 Å². The van der Waals surface area contributed by atoms with Crippen LogP contribution in [0.5, 0.6) is 11.5 Å². The minimum Gasteiger partial charge on any atom is -0.457 e. The molecule has 0 fully saturated rings. The van der Waals surface area contributed by atoms with Crippen LogP contribution in [0.4, 0.5) is 22.7 Å². The molecule has 0 atom stereocenters. The van der Waals surface area contributed by atoms with E-state index < -0.39 is 0 Å². The molecule has 0 spiro atoms. The fraction of sp³-hybridized carbons (Fsp3) is 0.271. The van der Waals surface area contributed by atoms with E-state index in [0.717, 1.165) is 34.0 Å². The van der Waals surface area contributed by atoms with Gasteiger partial charge in [0, 0.05) is 40.5 Å². The Morgan fingerprint density at radius 2 is 1.09 bits per heavy atom. The average Bonchev–Trinajstić information content (AvgIpc) is 3.67. The minimum absolute atomic E-state index is 0.00150. The number of fused-ring (bicyclic) bond motifs is 4. The number of pyridine rings is 1. The summed E-state index contributed by atoms with van der Waals surface area (Å²) in [5, 5.41) is 2.40. The number of nitrogens with zero attached hydrogens (tertiary/aromatic N) is 4. The molecular formula is C48H50N4O. The second-order valence-corrected chi connectivity index (χ2v) is 17.5. The van der Waals surface area contributed by atoms with Crippen LogP contribution in [0.25, 0.3) is 27.6 Å². The second-order valence-electron chi connectivity index (χ2n) is 17.5. The predicted molar refractivity (Wildman–Crippen MR) is 223 cm³/mol. The van der Waals surface area contributed by atoms with Gasteiger partial charge in [-0.15, -0.1) is 0 Å². The zero-order valence-electron chi connectivity index (χ0n) is 32.5. The van der Waals surface area contributed by atoms with Gasteiger partial charge in [0.1, 0.15) is 24.0 Å². The Balaban J connectivity index is 1.17. The standard InChI is InChI=1S/C48H50N4O/c1-46(2,3)32-14-12-15-35(26-32)50-31-51(43-19-11-10-18-42(43)50)36-16-13-17-37(29-36)53-38-21-22-39-40-27-33(47(4,5)6)20-23-41(40)52(44(39)30-38)45-28-34(24-25-49-45)48(7,8)9/h10-30H,31H2,1-9H3. The first-order chi connectivity index (χ1) is 25.1. The van der Waals surface area contributed by atoms with Crippen LogP contribution in [-0.4, -0.2) is 16.2 Å². The Bertz CT molecular complexity index is 2490. The molecule has 5 heteroatoms. The molecule has 5 aromatic carbocycles. The highest BCUT2D eigenvalue weighted by Crippen LogP contribution is 2.45. The van der Waals surface area contributed by atoms with Gasteiger partial charge in [-0.25, -0.2) is 4.98 Å². The van der Waals surface area contributed by atoms with Crippen molar-refractivity contribution in [1.82, 2.24) is 9.55 Å². The van der Waals surface area contributed by atoms with Crippen LogP contribution >= 0.6 is 0 Å². The van der Waals surface area contributed by atoms with E-state index in [1.54, 1.807) is 0 Å². The van der Waals surface area contributed by atoms with Crippen molar-refractivity contribution in [3.63, 3.8) is 0 Å². The van der Waals surface area contributed by atoms with Gasteiger partial charge in [0.25, 0.3) is 0 Å². The molecule has 2 aromatic heterocycles. The van der Waals surface area contributed by atoms with E-state index in [1.807, 2.05) is 12.3 Å². The Labute approximate surface area is 314 Å². The van der Waals surface area contributed by atoms with Gasteiger partial charge in [0.05, 0.1) is 22.4 Å². The number of rotatable bonds is 5. The number of anilines is 4. The molecule has 1 aliphatic rings. The zero-order valence-corrected chi connectivity index (χ0v) is 32.5. The Morgan fingerprint density at radius 3 is 1.77 bits per heavy atom. The first-order valence-electron chi connectivity index (χ1n) is 18.7. The second kappa shape index (κ2) is 12.5. The SMILES string of the molecule is CC(C)(C)c1cccc(N2CN(c3cccc(Oc4ccc5c6cc(C(C)(C)C)ccc6n(-c6cc(C(C)(C)C)ccn6)c5c4)c3)c3ccccc32)c1. The molecule has 7 aromatic rings. The van der Waals surface area contributed by atoms with E-state index in [0.29, 0.717) is 6.67 Å². The van der Waals surface area contributed by atoms with Crippen LogP contribution < -0.4 is 14.5 Å². The van der Waals surface area contributed by atoms with Gasteiger partial charge in [-0.3, -0.25) is 4.57 Å². The fourth-order valence-electron chi connectivity index (χ4n) is 7.43. The van der Waals surface area contributed by atoms with Gasteiger partial charge in [-0.2, -0.15) is 0 Å². The largest absolute Gasteiger partial charge is 0.457 e. The zero-order chi connectivity index (χ0) is 37.3. The van der Waals surface area contributed by atoms with Crippen molar-refractivity contribution >= 4 is 44.6 Å². The molecule has 0 bridgehead atoms. The monoisotopic (exact) mass is 698 g/mol. The summed E-state index contributed by atoms with van der Waals surface area (Å²) < 4.78 is 9.00. The number of hydrogen-bond acceptors (Lipinski definition) is 4. The van der Waals surface area contributed by atoms with Crippen molar-refractivity contribution in [3.05, 3.63) is 144 Å². The topological polar surface area (TPSA) is 33.5 Å². The van der Waals surface area contributed by atoms with E-state index >= 15 is 0 Å². The molecular weight excluding hydrogens is 649 g/mol. The summed E-state index contributed by atoms with van der Waals surface area (Å²) >= 11 is 0. The van der Waals surface area contributed by atoms with Crippen molar-refractivity contribution in [2.24, 2.45) is 0 Å². The van der Waals surface area contributed by atoms with Gasteiger partial charge in [0.2, 0.25) is 0 Å². The van der Waals surface area contributed by atoms with Crippen LogP contribution in [0.1, 0.15) is 79.0 Å². The van der Waals surface area contributed by atoms with Crippen molar-refractivity contribution in [3.8, 4) is 17.3 Å². The summed E-state index contributed by atoms with van der Waals surface area (Å²) in [6.45, 7) is 21.1. The third-order valence-electron chi connectivity index (χ3n) is 10.6. The lowest BCUT2D eigenvalue weighted by Gasteiger charge is -2.25. The fourth-order valence-corrected chi connectivity index (χ4v) is 7.43. The maximum absolute atomic E-state index is 6.71. The molecule has 1 aliphatic heterocycles. The lowest BCUT2D eigenvalue weighted by molar-refractivity contribution is 0.483. The summed E-state index contributed by atoms with van der Waals surface area (Å²) in [5.74, 6) is 2.48. The maximum atomic E-state index is 6.71. The molecule has 0 unspecified atom stereocenters. The highest BCUT2D eigenvalue weighted by Gasteiger charge is 2.29. The summed E-state index contributed by atoms with van der Waals surface area (Å²) in [4.78, 5) is 9.68. The lowest BCUT2D eigenvalue weighted by atomic mass is 9.86. The Hall–Kier alpha value is -5.55. The van der Waals surface area contributed by atoms with Crippen molar-refractivity contribution in [2.75, 3.05) is 16.5 Å². The number of ether oxygens (including phenoxy) is 1. The number of para-hydroxylation sites is 2. The molecule has 0 saturated carbocycles. The third kappa shape index (κ3) is 6.43. The average molecular weight is 699 g/mol. The molecule has 53 heavy (non-hydrogen) atoms. The summed E-state index contributed by atoms with van der Waals surface area (Å²) in [6.07, 6.45) is 1.93. The molecule has 5 nitrogen and oxygen atoms in total. The molecule has 0 saturated heterocycles. The highest BCUT2D eigenvalue weighted by atomic mass is 16.5. The molecule has 268 valence electrons. The number of hydrogen-bond donors (Lipinski definition) is 0. The van der Waals surface area contributed by atoms with Crippen molar-refractivity contribution in [2.45, 2.75) is 78.6 Å². The van der Waals surface area contributed by atoms with Gasteiger partial charge in [-0.05, 0) is 106 Å². The minimum atomic E-state index is -0.00150. The molecule has 0 aliphatic carbocycles. The van der Waals surface area contributed by atoms with Gasteiger partial charge in [0.15, 0.2) is 0 Å². The molecule has 0 radical (unpaired) electrons. The van der Waals surface area contributed by atoms with Gasteiger partial charge in [-0.1, -0.05) is 98.7 Å². The lowest BCUT2D eigenvalue weighted by Crippen LogP contribution is -2.24. The van der Waals surface area contributed by atoms with Crippen LogP contribution in [0.15, 0.2) is 128 Å². The van der Waals surface area contributed by atoms with Crippen LogP contribution in [-0.2, 0) is 16.2 Å². The van der Waals surface area contributed by atoms with Crippen LogP contribution in [0.3, 0.4) is 0 Å². The van der Waals surface area contributed by atoms with Crippen molar-refractivity contribution in [1.29, 1.82) is 0 Å². The summed E-state index contributed by atoms with van der Waals surface area (Å²) in [7, 11) is 0.